The maximum atomic E-state index is 11.9. The van der Waals surface area contributed by atoms with Crippen molar-refractivity contribution >= 4 is 10.2 Å². The molecule has 94 valence electrons. The predicted molar refractivity (Wildman–Crippen MR) is 58.0 cm³/mol. The van der Waals surface area contributed by atoms with Gasteiger partial charge in [0.2, 0.25) is 0 Å². The number of hydrogen-bond donors (Lipinski definition) is 0. The predicted octanol–water partition coefficient (Wildman–Crippen LogP) is -0.368. The Morgan fingerprint density at radius 2 is 1.62 bits per heavy atom. The molecule has 0 unspecified atom stereocenters. The van der Waals surface area contributed by atoms with E-state index in [-0.39, 0.29) is 0 Å². The first kappa shape index (κ1) is 12.3. The molecule has 0 aromatic carbocycles. The van der Waals surface area contributed by atoms with Crippen molar-refractivity contribution in [3.05, 3.63) is 0 Å². The van der Waals surface area contributed by atoms with Crippen LogP contribution >= 0.6 is 0 Å². The van der Waals surface area contributed by atoms with Gasteiger partial charge in [-0.15, -0.1) is 0 Å². The fraction of sp³-hybridized carbons (Fsp3) is 1.00. The summed E-state index contributed by atoms with van der Waals surface area (Å²) in [5, 5.41) is 0. The lowest BCUT2D eigenvalue weighted by molar-refractivity contribution is -0.179. The first-order chi connectivity index (χ1) is 7.46. The molecule has 7 heteroatoms. The van der Waals surface area contributed by atoms with E-state index in [1.165, 1.54) is 8.61 Å². The minimum absolute atomic E-state index is 0.459. The summed E-state index contributed by atoms with van der Waals surface area (Å²) < 4.78 is 37.5. The third kappa shape index (κ3) is 2.10. The average molecular weight is 250 g/mol. The van der Waals surface area contributed by atoms with E-state index in [1.54, 1.807) is 14.1 Å². The fourth-order valence-electron chi connectivity index (χ4n) is 2.07. The Hall–Kier alpha value is -0.210. The van der Waals surface area contributed by atoms with Gasteiger partial charge >= 0.3 is 0 Å². The lowest BCUT2D eigenvalue weighted by Crippen LogP contribution is -2.50. The minimum Gasteiger partial charge on any atom is -0.347 e. The molecule has 0 amide bonds. The van der Waals surface area contributed by atoms with E-state index in [0.717, 1.165) is 0 Å². The van der Waals surface area contributed by atoms with Crippen LogP contribution < -0.4 is 0 Å². The second-order valence-electron chi connectivity index (χ2n) is 4.30. The van der Waals surface area contributed by atoms with Gasteiger partial charge in [0, 0.05) is 40.0 Å². The van der Waals surface area contributed by atoms with E-state index < -0.39 is 16.0 Å². The summed E-state index contributed by atoms with van der Waals surface area (Å²) in [7, 11) is -0.203. The highest BCUT2D eigenvalue weighted by atomic mass is 32.2. The number of nitrogens with zero attached hydrogens (tertiary/aromatic N) is 2. The van der Waals surface area contributed by atoms with Crippen LogP contribution in [0.1, 0.15) is 12.8 Å². The summed E-state index contributed by atoms with van der Waals surface area (Å²) >= 11 is 0. The molecule has 2 fully saturated rings. The summed E-state index contributed by atoms with van der Waals surface area (Å²) in [6, 6.07) is 0. The monoisotopic (exact) mass is 250 g/mol. The van der Waals surface area contributed by atoms with E-state index >= 15 is 0 Å². The van der Waals surface area contributed by atoms with Gasteiger partial charge in [0.1, 0.15) is 0 Å². The molecule has 2 rings (SSSR count). The Labute approximate surface area is 96.3 Å². The molecule has 0 atom stereocenters. The highest BCUT2D eigenvalue weighted by molar-refractivity contribution is 7.86. The largest absolute Gasteiger partial charge is 0.347 e. The Morgan fingerprint density at radius 1 is 1.12 bits per heavy atom. The molecule has 0 aromatic rings. The van der Waals surface area contributed by atoms with Gasteiger partial charge < -0.3 is 9.47 Å². The number of hydrogen-bond acceptors (Lipinski definition) is 4. The maximum Gasteiger partial charge on any atom is 0.281 e. The van der Waals surface area contributed by atoms with Crippen molar-refractivity contribution in [2.24, 2.45) is 0 Å². The number of rotatable bonds is 2. The zero-order valence-electron chi connectivity index (χ0n) is 9.68. The second-order valence-corrected chi connectivity index (χ2v) is 6.44. The Balaban J connectivity index is 2.00. The Morgan fingerprint density at radius 3 is 2.06 bits per heavy atom. The molecular formula is C9H18N2O4S. The Kier molecular flexibility index (Phi) is 3.24. The van der Waals surface area contributed by atoms with Crippen molar-refractivity contribution in [1.29, 1.82) is 0 Å². The molecular weight excluding hydrogens is 232 g/mol. The van der Waals surface area contributed by atoms with E-state index in [2.05, 4.69) is 0 Å². The van der Waals surface area contributed by atoms with Gasteiger partial charge in [-0.3, -0.25) is 0 Å². The third-order valence-corrected chi connectivity index (χ3v) is 5.03. The quantitative estimate of drug-likeness (QED) is 0.671. The van der Waals surface area contributed by atoms with Crippen molar-refractivity contribution in [3.8, 4) is 0 Å². The average Bonchev–Trinajstić information content (AvgIpc) is 2.67. The summed E-state index contributed by atoms with van der Waals surface area (Å²) in [5.74, 6) is -0.516. The molecule has 0 aliphatic carbocycles. The van der Waals surface area contributed by atoms with Crippen LogP contribution in [0.25, 0.3) is 0 Å². The standard InChI is InChI=1S/C9H18N2O4S/c1-10(2)16(12,13)11-5-3-9(4-6-11)14-7-8-15-9/h3-8H2,1-2H3. The van der Waals surface area contributed by atoms with Gasteiger partial charge in [0.15, 0.2) is 5.79 Å². The highest BCUT2D eigenvalue weighted by Gasteiger charge is 2.42. The summed E-state index contributed by atoms with van der Waals surface area (Å²) in [6.07, 6.45) is 1.22. The smallest absolute Gasteiger partial charge is 0.281 e. The molecule has 0 saturated carbocycles. The van der Waals surface area contributed by atoms with E-state index in [0.29, 0.717) is 39.1 Å². The lowest BCUT2D eigenvalue weighted by Gasteiger charge is -2.37. The van der Waals surface area contributed by atoms with Crippen LogP contribution in [-0.4, -0.2) is 63.2 Å². The van der Waals surface area contributed by atoms with E-state index in [4.69, 9.17) is 9.47 Å². The van der Waals surface area contributed by atoms with Gasteiger partial charge in [-0.05, 0) is 0 Å². The van der Waals surface area contributed by atoms with Crippen LogP contribution in [0.15, 0.2) is 0 Å². The molecule has 0 radical (unpaired) electrons. The topological polar surface area (TPSA) is 59.1 Å². The molecule has 2 aliphatic rings. The van der Waals surface area contributed by atoms with Gasteiger partial charge in [-0.1, -0.05) is 0 Å². The molecule has 6 nitrogen and oxygen atoms in total. The van der Waals surface area contributed by atoms with Crippen molar-refractivity contribution in [1.82, 2.24) is 8.61 Å². The molecule has 16 heavy (non-hydrogen) atoms. The third-order valence-electron chi connectivity index (χ3n) is 3.09. The molecule has 0 aromatic heterocycles. The first-order valence-electron chi connectivity index (χ1n) is 5.42. The van der Waals surface area contributed by atoms with Crippen LogP contribution in [0, 0.1) is 0 Å². The van der Waals surface area contributed by atoms with Crippen LogP contribution in [0.2, 0.25) is 0 Å². The molecule has 2 heterocycles. The molecule has 2 aliphatic heterocycles. The lowest BCUT2D eigenvalue weighted by atomic mass is 10.1. The Bertz CT molecular complexity index is 339. The zero-order chi connectivity index (χ0) is 11.8. The number of piperidine rings is 1. The molecule has 0 N–H and O–H groups in total. The van der Waals surface area contributed by atoms with Crippen molar-refractivity contribution in [2.75, 3.05) is 40.4 Å². The highest BCUT2D eigenvalue weighted by Crippen LogP contribution is 2.32. The van der Waals surface area contributed by atoms with Gasteiger partial charge in [0.25, 0.3) is 10.2 Å². The normalized spacial score (nSPS) is 26.7. The van der Waals surface area contributed by atoms with Crippen molar-refractivity contribution in [3.63, 3.8) is 0 Å². The van der Waals surface area contributed by atoms with E-state index in [1.807, 2.05) is 0 Å². The summed E-state index contributed by atoms with van der Waals surface area (Å²) in [4.78, 5) is 0. The fourth-order valence-corrected chi connectivity index (χ4v) is 3.18. The van der Waals surface area contributed by atoms with Crippen LogP contribution in [-0.2, 0) is 19.7 Å². The SMILES string of the molecule is CN(C)S(=O)(=O)N1CCC2(CC1)OCCO2. The molecule has 1 spiro atoms. The zero-order valence-corrected chi connectivity index (χ0v) is 10.5. The van der Waals surface area contributed by atoms with Gasteiger partial charge in [-0.25, -0.2) is 0 Å². The molecule has 0 bridgehead atoms. The minimum atomic E-state index is -3.29. The summed E-state index contributed by atoms with van der Waals surface area (Å²) in [5.41, 5.74) is 0. The second kappa shape index (κ2) is 4.23. The number of ether oxygens (including phenoxy) is 2. The van der Waals surface area contributed by atoms with E-state index in [9.17, 15) is 8.42 Å². The van der Waals surface area contributed by atoms with Crippen LogP contribution in [0.4, 0.5) is 0 Å². The van der Waals surface area contributed by atoms with Crippen LogP contribution in [0.3, 0.4) is 0 Å². The van der Waals surface area contributed by atoms with Crippen molar-refractivity contribution in [2.45, 2.75) is 18.6 Å². The first-order valence-corrected chi connectivity index (χ1v) is 6.82. The molecule has 2 saturated heterocycles. The van der Waals surface area contributed by atoms with Crippen molar-refractivity contribution < 1.29 is 17.9 Å². The van der Waals surface area contributed by atoms with Gasteiger partial charge in [0.05, 0.1) is 13.2 Å². The van der Waals surface area contributed by atoms with Gasteiger partial charge in [-0.2, -0.15) is 17.0 Å². The maximum absolute atomic E-state index is 11.9. The van der Waals surface area contributed by atoms with Crippen LogP contribution in [0.5, 0.6) is 0 Å². The summed E-state index contributed by atoms with van der Waals surface area (Å²) in [6.45, 7) is 2.14.